The lowest BCUT2D eigenvalue weighted by Crippen LogP contribution is -2.00. The second-order valence-corrected chi connectivity index (χ2v) is 4.78. The summed E-state index contributed by atoms with van der Waals surface area (Å²) in [4.78, 5) is 0. The molecule has 0 saturated carbocycles. The van der Waals surface area contributed by atoms with Crippen LogP contribution in [0.4, 0.5) is 4.39 Å². The third-order valence-electron chi connectivity index (χ3n) is 2.58. The Bertz CT molecular complexity index is 588. The van der Waals surface area contributed by atoms with E-state index in [0.717, 1.165) is 5.56 Å². The molecule has 0 atom stereocenters. The Labute approximate surface area is 120 Å². The molecule has 0 fully saturated rings. The highest BCUT2D eigenvalue weighted by atomic mass is 35.5. The Morgan fingerprint density at radius 3 is 2.58 bits per heavy atom. The summed E-state index contributed by atoms with van der Waals surface area (Å²) in [6.45, 7) is -0.103. The molecule has 2 aromatic carbocycles. The highest BCUT2D eigenvalue weighted by molar-refractivity contribution is 6.33. The third kappa shape index (κ3) is 3.60. The van der Waals surface area contributed by atoms with Crippen molar-refractivity contribution in [2.75, 3.05) is 0 Å². The van der Waals surface area contributed by atoms with Crippen molar-refractivity contribution in [3.05, 3.63) is 63.4 Å². The van der Waals surface area contributed by atoms with Crippen LogP contribution in [0.1, 0.15) is 11.1 Å². The maximum absolute atomic E-state index is 13.0. The molecular weight excluding hydrogens is 290 g/mol. The quantitative estimate of drug-likeness (QED) is 0.917. The number of benzene rings is 2. The van der Waals surface area contributed by atoms with E-state index >= 15 is 0 Å². The molecule has 0 aliphatic carbocycles. The molecule has 5 heteroatoms. The summed E-state index contributed by atoms with van der Waals surface area (Å²) in [5.74, 6) is -0.00266. The molecule has 0 aliphatic heterocycles. The number of rotatable bonds is 4. The summed E-state index contributed by atoms with van der Waals surface area (Å²) in [5.41, 5.74) is 1.11. The van der Waals surface area contributed by atoms with E-state index in [9.17, 15) is 4.39 Å². The molecule has 1 N–H and O–H groups in total. The highest BCUT2D eigenvalue weighted by Gasteiger charge is 2.07. The van der Waals surface area contributed by atoms with E-state index in [1.165, 1.54) is 18.2 Å². The fraction of sp³-hybridized carbons (Fsp3) is 0.143. The maximum atomic E-state index is 13.0. The van der Waals surface area contributed by atoms with Crippen LogP contribution in [0.5, 0.6) is 5.75 Å². The van der Waals surface area contributed by atoms with Crippen molar-refractivity contribution in [3.63, 3.8) is 0 Å². The fourth-order valence-electron chi connectivity index (χ4n) is 1.62. The summed E-state index contributed by atoms with van der Waals surface area (Å²) in [6.07, 6.45) is 0. The van der Waals surface area contributed by atoms with E-state index < -0.39 is 5.82 Å². The first-order chi connectivity index (χ1) is 9.10. The van der Waals surface area contributed by atoms with Crippen LogP contribution in [-0.4, -0.2) is 5.11 Å². The molecule has 0 bridgehead atoms. The van der Waals surface area contributed by atoms with Gasteiger partial charge in [0, 0.05) is 21.2 Å². The highest BCUT2D eigenvalue weighted by Crippen LogP contribution is 2.25. The molecule has 0 aliphatic rings. The zero-order valence-corrected chi connectivity index (χ0v) is 11.4. The zero-order chi connectivity index (χ0) is 13.8. The first kappa shape index (κ1) is 14.1. The van der Waals surface area contributed by atoms with Gasteiger partial charge in [-0.2, -0.15) is 0 Å². The van der Waals surface area contributed by atoms with Crippen molar-refractivity contribution in [2.45, 2.75) is 13.2 Å². The van der Waals surface area contributed by atoms with Crippen LogP contribution in [0.15, 0.2) is 36.4 Å². The number of aliphatic hydroxyl groups excluding tert-OH is 1. The van der Waals surface area contributed by atoms with Gasteiger partial charge in [-0.05, 0) is 36.4 Å². The van der Waals surface area contributed by atoms with Crippen LogP contribution in [-0.2, 0) is 13.2 Å². The molecule has 0 aromatic heterocycles. The number of aliphatic hydroxyl groups is 1. The molecule has 0 amide bonds. The average Bonchev–Trinajstić information content (AvgIpc) is 2.40. The first-order valence-electron chi connectivity index (χ1n) is 5.56. The van der Waals surface area contributed by atoms with Crippen LogP contribution in [0.25, 0.3) is 0 Å². The number of halogens is 3. The molecule has 2 nitrogen and oxygen atoms in total. The molecule has 19 heavy (non-hydrogen) atoms. The van der Waals surface area contributed by atoms with Gasteiger partial charge in [0.25, 0.3) is 0 Å². The molecule has 0 spiro atoms. The predicted molar refractivity (Wildman–Crippen MR) is 73.1 cm³/mol. The van der Waals surface area contributed by atoms with E-state index in [4.69, 9.17) is 33.0 Å². The van der Waals surface area contributed by atoms with Crippen molar-refractivity contribution >= 4 is 23.2 Å². The number of ether oxygens (including phenoxy) is 1. The molecule has 2 aromatic rings. The number of hydrogen-bond acceptors (Lipinski definition) is 2. The van der Waals surface area contributed by atoms with E-state index in [0.29, 0.717) is 21.4 Å². The van der Waals surface area contributed by atoms with E-state index in [-0.39, 0.29) is 13.2 Å². The van der Waals surface area contributed by atoms with Crippen molar-refractivity contribution in [1.82, 2.24) is 0 Å². The summed E-state index contributed by atoms with van der Waals surface area (Å²) in [5, 5.41) is 10.2. The van der Waals surface area contributed by atoms with Gasteiger partial charge in [0.2, 0.25) is 0 Å². The van der Waals surface area contributed by atoms with Gasteiger partial charge in [0.05, 0.1) is 6.61 Å². The van der Waals surface area contributed by atoms with Crippen molar-refractivity contribution in [1.29, 1.82) is 0 Å². The molecular formula is C14H11Cl2FO2. The SMILES string of the molecule is OCc1cc(F)ccc1OCc1cc(Cl)ccc1Cl. The first-order valence-corrected chi connectivity index (χ1v) is 6.32. The Kier molecular flexibility index (Phi) is 4.64. The van der Waals surface area contributed by atoms with Gasteiger partial charge >= 0.3 is 0 Å². The number of hydrogen-bond donors (Lipinski definition) is 1. The smallest absolute Gasteiger partial charge is 0.125 e. The Balaban J connectivity index is 2.16. The van der Waals surface area contributed by atoms with Crippen LogP contribution in [0.2, 0.25) is 10.0 Å². The summed E-state index contributed by atoms with van der Waals surface area (Å²) in [6, 6.07) is 9.04. The second kappa shape index (κ2) is 6.24. The standard InChI is InChI=1S/C14H11Cl2FO2/c15-11-1-3-13(16)10(5-11)8-19-14-4-2-12(17)6-9(14)7-18/h1-6,18H,7-8H2. The summed E-state index contributed by atoms with van der Waals surface area (Å²) in [7, 11) is 0. The molecule has 0 saturated heterocycles. The molecule has 0 heterocycles. The van der Waals surface area contributed by atoms with Crippen LogP contribution in [0, 0.1) is 5.82 Å². The summed E-state index contributed by atoms with van der Waals surface area (Å²) >= 11 is 11.9. The van der Waals surface area contributed by atoms with Crippen LogP contribution < -0.4 is 4.74 Å². The average molecular weight is 301 g/mol. The van der Waals surface area contributed by atoms with Crippen molar-refractivity contribution in [3.8, 4) is 5.75 Å². The van der Waals surface area contributed by atoms with E-state index in [2.05, 4.69) is 0 Å². The maximum Gasteiger partial charge on any atom is 0.125 e. The summed E-state index contributed by atoms with van der Waals surface area (Å²) < 4.78 is 18.5. The van der Waals surface area contributed by atoms with Gasteiger partial charge in [-0.25, -0.2) is 4.39 Å². The molecule has 0 unspecified atom stereocenters. The van der Waals surface area contributed by atoms with Gasteiger partial charge in [-0.3, -0.25) is 0 Å². The molecule has 100 valence electrons. The Morgan fingerprint density at radius 1 is 1.05 bits per heavy atom. The molecule has 2 rings (SSSR count). The van der Waals surface area contributed by atoms with Gasteiger partial charge in [0.1, 0.15) is 18.2 Å². The zero-order valence-electron chi connectivity index (χ0n) is 9.87. The van der Waals surface area contributed by atoms with Crippen molar-refractivity contribution < 1.29 is 14.2 Å². The van der Waals surface area contributed by atoms with Crippen LogP contribution >= 0.6 is 23.2 Å². The topological polar surface area (TPSA) is 29.5 Å². The third-order valence-corrected chi connectivity index (χ3v) is 3.19. The lowest BCUT2D eigenvalue weighted by atomic mass is 10.2. The minimum absolute atomic E-state index is 0.192. The fourth-order valence-corrected chi connectivity index (χ4v) is 1.99. The monoisotopic (exact) mass is 300 g/mol. The normalized spacial score (nSPS) is 10.5. The minimum atomic E-state index is -0.419. The lowest BCUT2D eigenvalue weighted by molar-refractivity contribution is 0.258. The second-order valence-electron chi connectivity index (χ2n) is 3.93. The molecule has 0 radical (unpaired) electrons. The van der Waals surface area contributed by atoms with Crippen LogP contribution in [0.3, 0.4) is 0 Å². The van der Waals surface area contributed by atoms with E-state index in [1.54, 1.807) is 18.2 Å². The Morgan fingerprint density at radius 2 is 1.84 bits per heavy atom. The van der Waals surface area contributed by atoms with Crippen molar-refractivity contribution in [2.24, 2.45) is 0 Å². The van der Waals surface area contributed by atoms with E-state index in [1.807, 2.05) is 0 Å². The van der Waals surface area contributed by atoms with Gasteiger partial charge < -0.3 is 9.84 Å². The lowest BCUT2D eigenvalue weighted by Gasteiger charge is -2.11. The van der Waals surface area contributed by atoms with Gasteiger partial charge in [-0.1, -0.05) is 23.2 Å². The van der Waals surface area contributed by atoms with Gasteiger partial charge in [-0.15, -0.1) is 0 Å². The van der Waals surface area contributed by atoms with Gasteiger partial charge in [0.15, 0.2) is 0 Å². The predicted octanol–water partition coefficient (Wildman–Crippen LogP) is 4.20. The minimum Gasteiger partial charge on any atom is -0.488 e. The largest absolute Gasteiger partial charge is 0.488 e. The Hall–Kier alpha value is -1.29.